The smallest absolute Gasteiger partial charge is 0.407 e. The van der Waals surface area contributed by atoms with Gasteiger partial charge in [0.25, 0.3) is 0 Å². The quantitative estimate of drug-likeness (QED) is 0.137. The molecule has 0 fully saturated rings. The number of pyridine rings is 1. The van der Waals surface area contributed by atoms with Gasteiger partial charge in [-0.3, -0.25) is 10.4 Å². The Morgan fingerprint density at radius 3 is 2.43 bits per heavy atom. The van der Waals surface area contributed by atoms with E-state index in [4.69, 9.17) is 14.9 Å². The summed E-state index contributed by atoms with van der Waals surface area (Å²) >= 11 is 0. The van der Waals surface area contributed by atoms with Crippen LogP contribution in [0.5, 0.6) is 5.75 Å². The van der Waals surface area contributed by atoms with Crippen LogP contribution in [-0.4, -0.2) is 45.5 Å². The fourth-order valence-corrected chi connectivity index (χ4v) is 4.16. The Kier molecular flexibility index (Phi) is 10.4. The number of alkyl carbamates (subject to hydrolysis) is 1. The van der Waals surface area contributed by atoms with Crippen LogP contribution in [0.25, 0.3) is 0 Å². The van der Waals surface area contributed by atoms with Crippen molar-refractivity contribution in [1.29, 1.82) is 5.41 Å². The molecular weight excluding hydrogens is 568 g/mol. The molecule has 4 N–H and O–H groups in total. The molecule has 2 aromatic heterocycles. The van der Waals surface area contributed by atoms with Crippen molar-refractivity contribution in [1.82, 2.24) is 20.3 Å². The fourth-order valence-electron chi connectivity index (χ4n) is 4.16. The number of para-hydroxylation sites is 1. The SMILES string of the molecule is CCOc1cc(F)c(CNc2ccccc2C(=N)c2ncc(CCNC(=O)OC(C)(C)C)c(Nc3ccncc3)n2)c(F)c1. The number of anilines is 3. The Morgan fingerprint density at radius 1 is 1.05 bits per heavy atom. The lowest BCUT2D eigenvalue weighted by molar-refractivity contribution is 0.0528. The van der Waals surface area contributed by atoms with E-state index in [-0.39, 0.29) is 42.5 Å². The number of hydrogen-bond acceptors (Lipinski definition) is 9. The lowest BCUT2D eigenvalue weighted by Crippen LogP contribution is -2.33. The van der Waals surface area contributed by atoms with Gasteiger partial charge in [-0.05, 0) is 52.3 Å². The molecule has 0 aliphatic heterocycles. The highest BCUT2D eigenvalue weighted by Gasteiger charge is 2.19. The first-order valence-electron chi connectivity index (χ1n) is 14.1. The number of halogens is 2. The maximum Gasteiger partial charge on any atom is 0.407 e. The van der Waals surface area contributed by atoms with Crippen LogP contribution < -0.4 is 20.7 Å². The zero-order valence-electron chi connectivity index (χ0n) is 25.0. The standard InChI is InChI=1S/C32H35F2N7O3/c1-5-43-22-16-25(33)24(26(34)17-22)19-38-27-9-7-6-8-23(27)28(35)30-39-18-20(10-15-37-31(42)44-32(2,3)4)29(41-30)40-21-11-13-36-14-12-21/h6-9,11-14,16-18,35,38H,5,10,15,19H2,1-4H3,(H,37,42)(H,36,39,40,41). The minimum atomic E-state index is -0.736. The Labute approximate surface area is 254 Å². The Bertz CT molecular complexity index is 1590. The summed E-state index contributed by atoms with van der Waals surface area (Å²) in [4.78, 5) is 25.2. The van der Waals surface area contributed by atoms with Gasteiger partial charge in [-0.25, -0.2) is 23.5 Å². The topological polar surface area (TPSA) is 134 Å². The maximum atomic E-state index is 14.7. The highest BCUT2D eigenvalue weighted by Crippen LogP contribution is 2.25. The van der Waals surface area contributed by atoms with Gasteiger partial charge in [0.05, 0.1) is 6.61 Å². The zero-order valence-corrected chi connectivity index (χ0v) is 25.0. The van der Waals surface area contributed by atoms with Gasteiger partial charge in [-0.1, -0.05) is 18.2 Å². The van der Waals surface area contributed by atoms with Gasteiger partial charge in [-0.2, -0.15) is 0 Å². The highest BCUT2D eigenvalue weighted by atomic mass is 19.1. The molecule has 0 unspecified atom stereocenters. The molecule has 10 nitrogen and oxygen atoms in total. The largest absolute Gasteiger partial charge is 0.494 e. The molecule has 230 valence electrons. The monoisotopic (exact) mass is 603 g/mol. The van der Waals surface area contributed by atoms with E-state index in [1.165, 1.54) is 0 Å². The Balaban J connectivity index is 1.55. The fraction of sp³-hybridized carbons (Fsp3) is 0.281. The third-order valence-corrected chi connectivity index (χ3v) is 6.17. The van der Waals surface area contributed by atoms with Gasteiger partial charge in [0.2, 0.25) is 0 Å². The van der Waals surface area contributed by atoms with Crippen molar-refractivity contribution in [2.24, 2.45) is 0 Å². The molecule has 0 saturated heterocycles. The highest BCUT2D eigenvalue weighted by molar-refractivity contribution is 6.12. The summed E-state index contributed by atoms with van der Waals surface area (Å²) in [5, 5.41) is 17.9. The second-order valence-electron chi connectivity index (χ2n) is 10.7. The molecular formula is C32H35F2N7O3. The van der Waals surface area contributed by atoms with Gasteiger partial charge >= 0.3 is 6.09 Å². The van der Waals surface area contributed by atoms with Crippen molar-refractivity contribution in [2.45, 2.75) is 46.3 Å². The first kappa shape index (κ1) is 31.8. The van der Waals surface area contributed by atoms with Crippen molar-refractivity contribution in [2.75, 3.05) is 23.8 Å². The second-order valence-corrected chi connectivity index (χ2v) is 10.7. The Morgan fingerprint density at radius 2 is 1.75 bits per heavy atom. The number of nitrogens with one attached hydrogen (secondary N) is 4. The number of benzene rings is 2. The molecule has 12 heteroatoms. The summed E-state index contributed by atoms with van der Waals surface area (Å²) in [5.74, 6) is -0.786. The van der Waals surface area contributed by atoms with Crippen LogP contribution in [0.15, 0.2) is 67.1 Å². The van der Waals surface area contributed by atoms with Gasteiger partial charge in [-0.15, -0.1) is 0 Å². The average molecular weight is 604 g/mol. The minimum absolute atomic E-state index is 0.00283. The van der Waals surface area contributed by atoms with E-state index in [2.05, 4.69) is 30.9 Å². The summed E-state index contributed by atoms with van der Waals surface area (Å²) in [5.41, 5.74) is 1.55. The molecule has 0 saturated carbocycles. The number of carbonyl (C=O) groups is 1. The van der Waals surface area contributed by atoms with Crippen LogP contribution in [0.3, 0.4) is 0 Å². The van der Waals surface area contributed by atoms with Crippen molar-refractivity contribution >= 4 is 29.0 Å². The number of carbonyl (C=O) groups excluding carboxylic acids is 1. The maximum absolute atomic E-state index is 14.7. The van der Waals surface area contributed by atoms with E-state index in [1.54, 1.807) is 82.7 Å². The summed E-state index contributed by atoms with van der Waals surface area (Å²) in [6.45, 7) is 7.49. The Hall–Kier alpha value is -5.13. The number of rotatable bonds is 12. The van der Waals surface area contributed by atoms with Crippen LogP contribution in [0.4, 0.5) is 30.8 Å². The molecule has 0 atom stereocenters. The molecule has 44 heavy (non-hydrogen) atoms. The van der Waals surface area contributed by atoms with Gasteiger partial charge < -0.3 is 25.4 Å². The summed E-state index contributed by atoms with van der Waals surface area (Å²) in [7, 11) is 0. The van der Waals surface area contributed by atoms with Crippen LogP contribution in [0.1, 0.15) is 50.2 Å². The third-order valence-electron chi connectivity index (χ3n) is 6.17. The molecule has 2 heterocycles. The van der Waals surface area contributed by atoms with Gasteiger partial charge in [0.15, 0.2) is 5.82 Å². The number of ether oxygens (including phenoxy) is 2. The van der Waals surface area contributed by atoms with E-state index >= 15 is 0 Å². The van der Waals surface area contributed by atoms with Crippen LogP contribution in [-0.2, 0) is 17.7 Å². The van der Waals surface area contributed by atoms with Crippen LogP contribution in [0, 0.1) is 17.0 Å². The van der Waals surface area contributed by atoms with Crippen LogP contribution >= 0.6 is 0 Å². The molecule has 0 aliphatic rings. The van der Waals surface area contributed by atoms with Gasteiger partial charge in [0.1, 0.15) is 34.5 Å². The van der Waals surface area contributed by atoms with Crippen molar-refractivity contribution in [3.05, 3.63) is 101 Å². The number of hydrogen-bond donors (Lipinski definition) is 4. The number of aromatic nitrogens is 3. The lowest BCUT2D eigenvalue weighted by Gasteiger charge is -2.20. The predicted octanol–water partition coefficient (Wildman–Crippen LogP) is 6.39. The molecule has 0 spiro atoms. The van der Waals surface area contributed by atoms with E-state index in [9.17, 15) is 13.6 Å². The second kappa shape index (κ2) is 14.4. The van der Waals surface area contributed by atoms with E-state index in [1.807, 2.05) is 0 Å². The van der Waals surface area contributed by atoms with E-state index in [0.29, 0.717) is 29.1 Å². The molecule has 4 rings (SSSR count). The third kappa shape index (κ3) is 8.69. The van der Waals surface area contributed by atoms with E-state index in [0.717, 1.165) is 17.8 Å². The normalized spacial score (nSPS) is 11.0. The molecule has 2 aromatic carbocycles. The zero-order chi connectivity index (χ0) is 31.7. The number of amides is 1. The molecule has 0 aliphatic carbocycles. The molecule has 0 bridgehead atoms. The van der Waals surface area contributed by atoms with Crippen molar-refractivity contribution in [3.63, 3.8) is 0 Å². The predicted molar refractivity (Wildman–Crippen MR) is 165 cm³/mol. The minimum Gasteiger partial charge on any atom is -0.494 e. The first-order valence-corrected chi connectivity index (χ1v) is 14.1. The molecule has 1 amide bonds. The first-order chi connectivity index (χ1) is 21.0. The lowest BCUT2D eigenvalue weighted by atomic mass is 10.1. The van der Waals surface area contributed by atoms with Crippen molar-refractivity contribution < 1.29 is 23.0 Å². The summed E-state index contributed by atoms with van der Waals surface area (Å²) in [6, 6.07) is 12.7. The number of nitrogens with zero attached hydrogens (tertiary/aromatic N) is 3. The van der Waals surface area contributed by atoms with Crippen LogP contribution in [0.2, 0.25) is 0 Å². The summed E-state index contributed by atoms with van der Waals surface area (Å²) in [6.07, 6.45) is 4.72. The molecule has 4 aromatic rings. The summed E-state index contributed by atoms with van der Waals surface area (Å²) < 4.78 is 39.8. The van der Waals surface area contributed by atoms with Gasteiger partial charge in [0, 0.05) is 71.9 Å². The molecule has 0 radical (unpaired) electrons. The van der Waals surface area contributed by atoms with E-state index < -0.39 is 23.3 Å². The average Bonchev–Trinajstić information content (AvgIpc) is 2.97. The van der Waals surface area contributed by atoms with Crippen molar-refractivity contribution in [3.8, 4) is 5.75 Å².